The molecule has 2 unspecified atom stereocenters. The molecule has 1 aliphatic rings. The molecule has 1 fully saturated rings. The predicted molar refractivity (Wildman–Crippen MR) is 100 cm³/mol. The van der Waals surface area contributed by atoms with Crippen LogP contribution in [-0.2, 0) is 4.74 Å². The largest absolute Gasteiger partial charge is 0.379 e. The van der Waals surface area contributed by atoms with E-state index < -0.39 is 11.6 Å². The van der Waals surface area contributed by atoms with Crippen molar-refractivity contribution in [2.75, 3.05) is 45.9 Å². The molecular weight excluding hydrogens is 338 g/mol. The Kier molecular flexibility index (Phi) is 8.25. The molecule has 0 aromatic heterocycles. The lowest BCUT2D eigenvalue weighted by atomic mass is 10.1. The van der Waals surface area contributed by atoms with Gasteiger partial charge in [0.2, 0.25) is 0 Å². The van der Waals surface area contributed by atoms with Crippen LogP contribution in [0.3, 0.4) is 0 Å². The van der Waals surface area contributed by atoms with Gasteiger partial charge in [0.1, 0.15) is 11.6 Å². The third kappa shape index (κ3) is 6.53. The van der Waals surface area contributed by atoms with Crippen LogP contribution in [0.2, 0.25) is 0 Å². The van der Waals surface area contributed by atoms with E-state index in [1.165, 1.54) is 12.1 Å². The molecule has 146 valence electrons. The summed E-state index contributed by atoms with van der Waals surface area (Å²) in [6, 6.07) is 3.32. The topological polar surface area (TPSA) is 48.9 Å². The summed E-state index contributed by atoms with van der Waals surface area (Å²) in [4.78, 5) is 7.02. The van der Waals surface area contributed by atoms with Crippen molar-refractivity contribution in [3.63, 3.8) is 0 Å². The van der Waals surface area contributed by atoms with Crippen LogP contribution in [0.1, 0.15) is 32.4 Å². The fourth-order valence-electron chi connectivity index (χ4n) is 2.98. The summed E-state index contributed by atoms with van der Waals surface area (Å²) in [6.45, 7) is 11.9. The molecule has 0 saturated carbocycles. The summed E-state index contributed by atoms with van der Waals surface area (Å²) in [5.74, 6) is -0.0866. The minimum atomic E-state index is -0.573. The first-order chi connectivity index (χ1) is 12.5. The Morgan fingerprint density at radius 3 is 2.65 bits per heavy atom. The van der Waals surface area contributed by atoms with Crippen LogP contribution in [0.4, 0.5) is 8.78 Å². The quantitative estimate of drug-likeness (QED) is 0.574. The molecule has 1 aromatic carbocycles. The van der Waals surface area contributed by atoms with E-state index in [0.29, 0.717) is 30.5 Å². The zero-order valence-corrected chi connectivity index (χ0v) is 15.9. The lowest BCUT2D eigenvalue weighted by Gasteiger charge is -2.28. The lowest BCUT2D eigenvalue weighted by molar-refractivity contribution is 0.0323. The van der Waals surface area contributed by atoms with Crippen LogP contribution in [-0.4, -0.2) is 56.8 Å². The number of rotatable bonds is 7. The Labute approximate surface area is 154 Å². The molecular formula is C19H30F2N4O. The minimum absolute atomic E-state index is 0.317. The Balaban J connectivity index is 1.92. The second-order valence-electron chi connectivity index (χ2n) is 6.77. The van der Waals surface area contributed by atoms with Gasteiger partial charge in [-0.1, -0.05) is 13.0 Å². The molecule has 1 heterocycles. The molecule has 2 rings (SSSR count). The van der Waals surface area contributed by atoms with Gasteiger partial charge in [0.05, 0.1) is 19.3 Å². The van der Waals surface area contributed by atoms with Gasteiger partial charge in [-0.3, -0.25) is 9.89 Å². The van der Waals surface area contributed by atoms with Crippen molar-refractivity contribution in [1.29, 1.82) is 0 Å². The Bertz CT molecular complexity index is 591. The van der Waals surface area contributed by atoms with E-state index >= 15 is 0 Å². The van der Waals surface area contributed by atoms with E-state index in [1.54, 1.807) is 0 Å². The molecule has 0 aliphatic carbocycles. The zero-order chi connectivity index (χ0) is 18.9. The summed E-state index contributed by atoms with van der Waals surface area (Å²) >= 11 is 0. The van der Waals surface area contributed by atoms with Crippen molar-refractivity contribution < 1.29 is 13.5 Å². The summed E-state index contributed by atoms with van der Waals surface area (Å²) in [7, 11) is 0. The summed E-state index contributed by atoms with van der Waals surface area (Å²) in [5.41, 5.74) is 0.415. The monoisotopic (exact) mass is 368 g/mol. The van der Waals surface area contributed by atoms with Crippen LogP contribution in [0.15, 0.2) is 23.2 Å². The van der Waals surface area contributed by atoms with Crippen LogP contribution in [0.25, 0.3) is 0 Å². The van der Waals surface area contributed by atoms with Crippen LogP contribution < -0.4 is 10.6 Å². The highest BCUT2D eigenvalue weighted by Crippen LogP contribution is 2.17. The number of guanidine groups is 1. The van der Waals surface area contributed by atoms with Gasteiger partial charge >= 0.3 is 0 Å². The number of benzene rings is 1. The van der Waals surface area contributed by atoms with E-state index in [-0.39, 0.29) is 6.04 Å². The summed E-state index contributed by atoms with van der Waals surface area (Å²) < 4.78 is 32.4. The third-order valence-electron chi connectivity index (χ3n) is 4.36. The lowest BCUT2D eigenvalue weighted by Crippen LogP contribution is -2.41. The fourth-order valence-corrected chi connectivity index (χ4v) is 2.98. The molecule has 0 amide bonds. The van der Waals surface area contributed by atoms with Gasteiger partial charge in [-0.05, 0) is 25.8 Å². The highest BCUT2D eigenvalue weighted by molar-refractivity contribution is 5.80. The Morgan fingerprint density at radius 1 is 1.27 bits per heavy atom. The number of hydrogen-bond acceptors (Lipinski definition) is 3. The van der Waals surface area contributed by atoms with Gasteiger partial charge in [0.15, 0.2) is 5.96 Å². The molecule has 1 aliphatic heterocycles. The SMILES string of the molecule is CCNC(=NCC(C)CN1CCOCC1)NC(C)c1ccc(F)cc1F. The number of nitrogens with zero attached hydrogens (tertiary/aromatic N) is 2. The van der Waals surface area contributed by atoms with Gasteiger partial charge in [0.25, 0.3) is 0 Å². The molecule has 2 N–H and O–H groups in total. The van der Waals surface area contributed by atoms with Crippen molar-refractivity contribution in [2.45, 2.75) is 26.8 Å². The number of aliphatic imine (C=N–C) groups is 1. The molecule has 26 heavy (non-hydrogen) atoms. The first-order valence-electron chi connectivity index (χ1n) is 9.29. The second kappa shape index (κ2) is 10.4. The van der Waals surface area contributed by atoms with Gasteiger partial charge in [-0.25, -0.2) is 8.78 Å². The standard InChI is InChI=1S/C19H30F2N4O/c1-4-22-19(23-12-14(2)13-25-7-9-26-10-8-25)24-15(3)17-6-5-16(20)11-18(17)21/h5-6,11,14-15H,4,7-10,12-13H2,1-3H3,(H2,22,23,24). The van der Waals surface area contributed by atoms with Gasteiger partial charge in [-0.2, -0.15) is 0 Å². The van der Waals surface area contributed by atoms with Crippen molar-refractivity contribution in [3.8, 4) is 0 Å². The number of ether oxygens (including phenoxy) is 1. The number of nitrogens with one attached hydrogen (secondary N) is 2. The van der Waals surface area contributed by atoms with Gasteiger partial charge in [0, 0.05) is 44.4 Å². The highest BCUT2D eigenvalue weighted by Gasteiger charge is 2.15. The van der Waals surface area contributed by atoms with E-state index in [9.17, 15) is 8.78 Å². The van der Waals surface area contributed by atoms with Crippen LogP contribution in [0, 0.1) is 17.6 Å². The molecule has 0 spiro atoms. The molecule has 1 aromatic rings. The third-order valence-corrected chi connectivity index (χ3v) is 4.36. The normalized spacial score (nSPS) is 18.4. The van der Waals surface area contributed by atoms with Crippen molar-refractivity contribution in [1.82, 2.24) is 15.5 Å². The van der Waals surface area contributed by atoms with Gasteiger partial charge < -0.3 is 15.4 Å². The number of halogens is 2. The van der Waals surface area contributed by atoms with Crippen molar-refractivity contribution in [3.05, 3.63) is 35.4 Å². The van der Waals surface area contributed by atoms with Crippen molar-refractivity contribution >= 4 is 5.96 Å². The van der Waals surface area contributed by atoms with Gasteiger partial charge in [-0.15, -0.1) is 0 Å². The van der Waals surface area contributed by atoms with E-state index in [0.717, 1.165) is 38.9 Å². The van der Waals surface area contributed by atoms with Crippen LogP contribution >= 0.6 is 0 Å². The maximum Gasteiger partial charge on any atom is 0.191 e. The van der Waals surface area contributed by atoms with Crippen LogP contribution in [0.5, 0.6) is 0 Å². The first kappa shape index (κ1) is 20.6. The Hall–Kier alpha value is -1.73. The zero-order valence-electron chi connectivity index (χ0n) is 15.9. The molecule has 0 radical (unpaired) electrons. The molecule has 1 saturated heterocycles. The average molecular weight is 368 g/mol. The fraction of sp³-hybridized carbons (Fsp3) is 0.632. The minimum Gasteiger partial charge on any atom is -0.379 e. The maximum atomic E-state index is 14.0. The highest BCUT2D eigenvalue weighted by atomic mass is 19.1. The average Bonchev–Trinajstić information content (AvgIpc) is 2.60. The maximum absolute atomic E-state index is 14.0. The van der Waals surface area contributed by atoms with Crippen molar-refractivity contribution in [2.24, 2.45) is 10.9 Å². The summed E-state index contributed by atoms with van der Waals surface area (Å²) in [6.07, 6.45) is 0. The number of hydrogen-bond donors (Lipinski definition) is 2. The first-order valence-corrected chi connectivity index (χ1v) is 9.29. The smallest absolute Gasteiger partial charge is 0.191 e. The predicted octanol–water partition coefficient (Wildman–Crippen LogP) is 2.55. The summed E-state index contributed by atoms with van der Waals surface area (Å²) in [5, 5.41) is 6.38. The molecule has 7 heteroatoms. The molecule has 2 atom stereocenters. The van der Waals surface area contributed by atoms with E-state index in [4.69, 9.17) is 4.74 Å². The van der Waals surface area contributed by atoms with E-state index in [1.807, 2.05) is 13.8 Å². The Morgan fingerprint density at radius 2 is 2.00 bits per heavy atom. The van der Waals surface area contributed by atoms with E-state index in [2.05, 4.69) is 27.4 Å². The molecule has 5 nitrogen and oxygen atoms in total. The second-order valence-corrected chi connectivity index (χ2v) is 6.77. The number of morpholine rings is 1. The molecule has 0 bridgehead atoms.